The molecule has 0 spiro atoms. The summed E-state index contributed by atoms with van der Waals surface area (Å²) in [5.41, 5.74) is 3.26. The summed E-state index contributed by atoms with van der Waals surface area (Å²) in [6.45, 7) is 5.84. The van der Waals surface area contributed by atoms with Crippen molar-refractivity contribution in [3.05, 3.63) is 162 Å². The van der Waals surface area contributed by atoms with Crippen molar-refractivity contribution in [1.82, 2.24) is 0 Å². The minimum atomic E-state index is -0.598. The zero-order valence-corrected chi connectivity index (χ0v) is 42.6. The summed E-state index contributed by atoms with van der Waals surface area (Å²) in [5.74, 6) is 0.775. The van der Waals surface area contributed by atoms with Gasteiger partial charge < -0.3 is 23.7 Å². The molecule has 0 radical (unpaired) electrons. The molecule has 6 rings (SSSR count). The van der Waals surface area contributed by atoms with Crippen LogP contribution >= 0.6 is 0 Å². The second-order valence-electron chi connectivity index (χ2n) is 18.0. The van der Waals surface area contributed by atoms with Gasteiger partial charge in [0.25, 0.3) is 0 Å². The number of hydrogen-bond acceptors (Lipinski definition) is 12. The Hall–Kier alpha value is -7.47. The van der Waals surface area contributed by atoms with E-state index in [0.717, 1.165) is 25.0 Å². The molecule has 0 aliphatic heterocycles. The molecule has 0 aromatic heterocycles. The first-order valence-corrected chi connectivity index (χ1v) is 26.2. The highest BCUT2D eigenvalue weighted by Crippen LogP contribution is 2.27. The van der Waals surface area contributed by atoms with Crippen LogP contribution in [0, 0.1) is 0 Å². The van der Waals surface area contributed by atoms with E-state index in [1.165, 1.54) is 121 Å². The maximum Gasteiger partial charge on any atom is 0.343 e. The largest absolute Gasteiger partial charge is 0.494 e. The van der Waals surface area contributed by atoms with Gasteiger partial charge in [0.1, 0.15) is 28.7 Å². The highest BCUT2D eigenvalue weighted by atomic mass is 16.5. The smallest absolute Gasteiger partial charge is 0.343 e. The molecule has 12 nitrogen and oxygen atoms in total. The Balaban J connectivity index is 0.871. The maximum atomic E-state index is 13.0. The minimum absolute atomic E-state index is 0.267. The Morgan fingerprint density at radius 1 is 0.315 bits per heavy atom. The number of hydrogen-bond donors (Lipinski definition) is 0. The summed E-state index contributed by atoms with van der Waals surface area (Å²) >= 11 is 0. The number of rotatable bonds is 32. The van der Waals surface area contributed by atoms with E-state index >= 15 is 0 Å². The molecule has 6 aromatic carbocycles. The number of unbranched alkanes of at least 4 members (excludes halogenated alkanes) is 16. The van der Waals surface area contributed by atoms with Gasteiger partial charge in [-0.3, -0.25) is 0 Å². The molecule has 0 unspecified atom stereocenters. The quantitative estimate of drug-likeness (QED) is 0.0176. The van der Waals surface area contributed by atoms with E-state index < -0.39 is 17.9 Å². The molecule has 0 fully saturated rings. The van der Waals surface area contributed by atoms with Gasteiger partial charge in [-0.1, -0.05) is 123 Å². The molecule has 0 aliphatic carbocycles. The van der Waals surface area contributed by atoms with Crippen LogP contribution in [0.2, 0.25) is 0 Å². The summed E-state index contributed by atoms with van der Waals surface area (Å²) < 4.78 is 28.5. The molecule has 73 heavy (non-hydrogen) atoms. The molecule has 0 heterocycles. The third-order valence-electron chi connectivity index (χ3n) is 12.0. The van der Waals surface area contributed by atoms with Crippen molar-refractivity contribution >= 4 is 40.7 Å². The zero-order valence-electron chi connectivity index (χ0n) is 42.6. The second kappa shape index (κ2) is 31.8. The fraction of sp³-hybridized carbons (Fsp3) is 0.361. The SMILES string of the molecule is CCCCCCCCCCCCOc1ccc(C(=O)Oc2ccc(C(=O)Oc3cccc(N=Nc4ccc(OC(=O)c5ccc(N=Nc6ccc(OCCCCCCCCCC)cc6)cc5)cc4)c3)cc2)cc1. The first-order valence-electron chi connectivity index (χ1n) is 26.2. The van der Waals surface area contributed by atoms with E-state index in [4.69, 9.17) is 23.7 Å². The van der Waals surface area contributed by atoms with Gasteiger partial charge in [-0.05, 0) is 146 Å². The number of nitrogens with zero attached hydrogens (tertiary/aromatic N) is 4. The van der Waals surface area contributed by atoms with Crippen LogP contribution in [0.5, 0.6) is 28.7 Å². The molecule has 0 aliphatic rings. The van der Waals surface area contributed by atoms with Gasteiger partial charge >= 0.3 is 17.9 Å². The van der Waals surface area contributed by atoms with Crippen LogP contribution in [0.1, 0.15) is 160 Å². The lowest BCUT2D eigenvalue weighted by Gasteiger charge is -2.08. The Labute approximate surface area is 431 Å². The molecule has 0 saturated heterocycles. The summed E-state index contributed by atoms with van der Waals surface area (Å²) in [6, 6.07) is 40.5. The molecular formula is C61H70N4O8. The van der Waals surface area contributed by atoms with E-state index in [9.17, 15) is 14.4 Å². The average molecular weight is 987 g/mol. The topological polar surface area (TPSA) is 147 Å². The fourth-order valence-corrected chi connectivity index (χ4v) is 7.74. The van der Waals surface area contributed by atoms with Crippen molar-refractivity contribution in [2.75, 3.05) is 13.2 Å². The second-order valence-corrected chi connectivity index (χ2v) is 18.0. The average Bonchev–Trinajstić information content (AvgIpc) is 3.42. The number of ether oxygens (including phenoxy) is 5. The maximum absolute atomic E-state index is 13.0. The Kier molecular flexibility index (Phi) is 23.9. The monoisotopic (exact) mass is 987 g/mol. The van der Waals surface area contributed by atoms with Gasteiger partial charge in [0, 0.05) is 6.07 Å². The predicted molar refractivity (Wildman–Crippen MR) is 287 cm³/mol. The predicted octanol–water partition coefficient (Wildman–Crippen LogP) is 18.0. The van der Waals surface area contributed by atoms with Gasteiger partial charge in [-0.15, -0.1) is 0 Å². The zero-order chi connectivity index (χ0) is 51.1. The third kappa shape index (κ3) is 20.7. The Morgan fingerprint density at radius 2 is 0.616 bits per heavy atom. The first kappa shape index (κ1) is 54.9. The molecule has 0 amide bonds. The van der Waals surface area contributed by atoms with Gasteiger partial charge in [0.2, 0.25) is 0 Å². The first-order chi connectivity index (χ1) is 35.8. The van der Waals surface area contributed by atoms with Crippen LogP contribution in [-0.4, -0.2) is 31.1 Å². The Morgan fingerprint density at radius 3 is 1.03 bits per heavy atom. The molecule has 12 heteroatoms. The summed E-state index contributed by atoms with van der Waals surface area (Å²) in [6.07, 6.45) is 22.8. The van der Waals surface area contributed by atoms with Crippen LogP contribution in [0.3, 0.4) is 0 Å². The van der Waals surface area contributed by atoms with Crippen LogP contribution in [0.15, 0.2) is 166 Å². The molecule has 0 N–H and O–H groups in total. The number of azo groups is 2. The van der Waals surface area contributed by atoms with Crippen molar-refractivity contribution in [1.29, 1.82) is 0 Å². The molecule has 0 saturated carbocycles. The van der Waals surface area contributed by atoms with E-state index in [0.29, 0.717) is 58.6 Å². The van der Waals surface area contributed by atoms with Crippen LogP contribution in [-0.2, 0) is 0 Å². The number of carbonyl (C=O) groups is 3. The minimum Gasteiger partial charge on any atom is -0.494 e. The third-order valence-corrected chi connectivity index (χ3v) is 12.0. The van der Waals surface area contributed by atoms with Crippen molar-refractivity contribution < 1.29 is 38.1 Å². The van der Waals surface area contributed by atoms with Crippen molar-refractivity contribution in [2.24, 2.45) is 20.5 Å². The summed E-state index contributed by atoms with van der Waals surface area (Å²) in [5, 5.41) is 17.2. The number of benzene rings is 6. The molecule has 6 aromatic rings. The van der Waals surface area contributed by atoms with E-state index in [2.05, 4.69) is 34.3 Å². The highest BCUT2D eigenvalue weighted by molar-refractivity contribution is 5.93. The molecule has 0 bridgehead atoms. The molecule has 382 valence electrons. The van der Waals surface area contributed by atoms with E-state index in [-0.39, 0.29) is 17.1 Å². The van der Waals surface area contributed by atoms with Crippen LogP contribution < -0.4 is 23.7 Å². The van der Waals surface area contributed by atoms with Crippen molar-refractivity contribution in [2.45, 2.75) is 129 Å². The van der Waals surface area contributed by atoms with Crippen LogP contribution in [0.4, 0.5) is 22.7 Å². The number of esters is 3. The lowest BCUT2D eigenvalue weighted by molar-refractivity contribution is 0.0723. The molecular weight excluding hydrogens is 917 g/mol. The van der Waals surface area contributed by atoms with Gasteiger partial charge in [-0.2, -0.15) is 20.5 Å². The standard InChI is InChI=1S/C61H70N4O8/c1-3-5-7-9-11-13-14-16-18-19-44-69-54-36-26-48(27-37-54)60(67)71-56-38-28-49(29-39-56)61(68)73-58-23-21-22-53(46-58)65-64-52-34-42-57(43-35-52)72-59(66)47-24-30-50(31-25-47)62-63-51-32-40-55(41-33-51)70-45-20-17-15-12-10-8-6-4-2/h21-43,46H,3-20,44-45H2,1-2H3. The van der Waals surface area contributed by atoms with Gasteiger partial charge in [0.05, 0.1) is 52.7 Å². The van der Waals surface area contributed by atoms with Gasteiger partial charge in [-0.25, -0.2) is 14.4 Å². The Bertz CT molecular complexity index is 2610. The summed E-state index contributed by atoms with van der Waals surface area (Å²) in [7, 11) is 0. The van der Waals surface area contributed by atoms with E-state index in [1.807, 2.05) is 24.3 Å². The van der Waals surface area contributed by atoms with E-state index in [1.54, 1.807) is 97.1 Å². The van der Waals surface area contributed by atoms with Crippen LogP contribution in [0.25, 0.3) is 0 Å². The lowest BCUT2D eigenvalue weighted by Crippen LogP contribution is -2.10. The normalized spacial score (nSPS) is 11.2. The fourth-order valence-electron chi connectivity index (χ4n) is 7.74. The van der Waals surface area contributed by atoms with Crippen molar-refractivity contribution in [3.8, 4) is 28.7 Å². The highest BCUT2D eigenvalue weighted by Gasteiger charge is 2.13. The lowest BCUT2D eigenvalue weighted by atomic mass is 10.1. The number of carbonyl (C=O) groups excluding carboxylic acids is 3. The summed E-state index contributed by atoms with van der Waals surface area (Å²) in [4.78, 5) is 38.7. The molecule has 0 atom stereocenters. The van der Waals surface area contributed by atoms with Crippen molar-refractivity contribution in [3.63, 3.8) is 0 Å². The van der Waals surface area contributed by atoms with Gasteiger partial charge in [0.15, 0.2) is 0 Å².